The zero-order chi connectivity index (χ0) is 13.6. The molecular formula is C14H14N6. The van der Waals surface area contributed by atoms with E-state index in [4.69, 9.17) is 0 Å². The second-order valence-electron chi connectivity index (χ2n) is 4.27. The number of hydrogen-bond donors (Lipinski definition) is 1. The fourth-order valence-electron chi connectivity index (χ4n) is 1.80. The molecule has 0 saturated carbocycles. The molecule has 2 aromatic heterocycles. The lowest BCUT2D eigenvalue weighted by molar-refractivity contribution is 0.652. The average Bonchev–Trinajstić information content (AvgIpc) is 2.98. The number of aromatic nitrogens is 5. The van der Waals surface area contributed by atoms with E-state index in [0.717, 1.165) is 17.1 Å². The van der Waals surface area contributed by atoms with Crippen LogP contribution in [0.3, 0.4) is 0 Å². The molecule has 0 aliphatic carbocycles. The quantitative estimate of drug-likeness (QED) is 0.755. The normalized spacial score (nSPS) is 10.6. The molecular weight excluding hydrogens is 252 g/mol. The minimum Gasteiger partial charge on any atom is -0.305 e. The highest BCUT2D eigenvalue weighted by molar-refractivity contribution is 5.28. The third-order valence-electron chi connectivity index (χ3n) is 2.78. The first-order valence-electron chi connectivity index (χ1n) is 6.34. The molecule has 6 nitrogen and oxygen atoms in total. The molecule has 0 saturated heterocycles. The number of nitrogens with zero attached hydrogens (tertiary/aromatic N) is 5. The predicted octanol–water partition coefficient (Wildman–Crippen LogP) is 1.35. The average molecular weight is 266 g/mol. The summed E-state index contributed by atoms with van der Waals surface area (Å²) in [5.41, 5.74) is 2.80. The van der Waals surface area contributed by atoms with Crippen molar-refractivity contribution in [1.29, 1.82) is 0 Å². The van der Waals surface area contributed by atoms with Crippen LogP contribution in [0.2, 0.25) is 0 Å². The summed E-state index contributed by atoms with van der Waals surface area (Å²) in [4.78, 5) is 9.66. The third-order valence-corrected chi connectivity index (χ3v) is 2.78. The van der Waals surface area contributed by atoms with Crippen molar-refractivity contribution < 1.29 is 0 Å². The van der Waals surface area contributed by atoms with E-state index in [-0.39, 0.29) is 0 Å². The molecule has 0 aliphatic heterocycles. The van der Waals surface area contributed by atoms with Crippen LogP contribution in [-0.4, -0.2) is 25.0 Å². The van der Waals surface area contributed by atoms with Gasteiger partial charge in [0.05, 0.1) is 23.3 Å². The molecule has 0 atom stereocenters. The first-order chi connectivity index (χ1) is 9.92. The van der Waals surface area contributed by atoms with Gasteiger partial charge >= 0.3 is 0 Å². The molecule has 3 aromatic rings. The summed E-state index contributed by atoms with van der Waals surface area (Å²) in [5.74, 6) is 0. The van der Waals surface area contributed by atoms with E-state index in [1.165, 1.54) is 0 Å². The monoisotopic (exact) mass is 266 g/mol. The van der Waals surface area contributed by atoms with Crippen LogP contribution in [0, 0.1) is 0 Å². The maximum atomic E-state index is 4.42. The molecule has 0 radical (unpaired) electrons. The van der Waals surface area contributed by atoms with E-state index < -0.39 is 0 Å². The molecule has 1 N–H and O–H groups in total. The topological polar surface area (TPSA) is 68.5 Å². The summed E-state index contributed by atoms with van der Waals surface area (Å²) in [6.07, 6.45) is 5.04. The Kier molecular flexibility index (Phi) is 3.75. The Morgan fingerprint density at radius 1 is 1.00 bits per heavy atom. The fourth-order valence-corrected chi connectivity index (χ4v) is 1.80. The van der Waals surface area contributed by atoms with Gasteiger partial charge in [-0.15, -0.1) is 0 Å². The molecule has 1 aromatic carbocycles. The van der Waals surface area contributed by atoms with Crippen LogP contribution in [0.4, 0.5) is 0 Å². The van der Waals surface area contributed by atoms with Crippen molar-refractivity contribution in [2.24, 2.45) is 0 Å². The molecule has 0 bridgehead atoms. The van der Waals surface area contributed by atoms with Crippen molar-refractivity contribution in [2.75, 3.05) is 0 Å². The maximum absolute atomic E-state index is 4.42. The first kappa shape index (κ1) is 12.4. The molecule has 0 amide bonds. The molecule has 0 aliphatic rings. The van der Waals surface area contributed by atoms with Crippen LogP contribution in [0.5, 0.6) is 0 Å². The second-order valence-corrected chi connectivity index (χ2v) is 4.27. The largest absolute Gasteiger partial charge is 0.305 e. The van der Waals surface area contributed by atoms with Gasteiger partial charge < -0.3 is 5.32 Å². The second kappa shape index (κ2) is 6.03. The third kappa shape index (κ3) is 3.04. The summed E-state index contributed by atoms with van der Waals surface area (Å²) in [7, 11) is 0. The van der Waals surface area contributed by atoms with Gasteiger partial charge in [-0.2, -0.15) is 15.0 Å². The molecule has 100 valence electrons. The van der Waals surface area contributed by atoms with E-state index in [1.807, 2.05) is 36.4 Å². The zero-order valence-electron chi connectivity index (χ0n) is 10.8. The summed E-state index contributed by atoms with van der Waals surface area (Å²) < 4.78 is 0. The SMILES string of the molecule is c1ccc(-n2ncc(CNCc3ccncn3)n2)cc1. The molecule has 20 heavy (non-hydrogen) atoms. The van der Waals surface area contributed by atoms with Crippen LogP contribution >= 0.6 is 0 Å². The number of hydrogen-bond acceptors (Lipinski definition) is 5. The van der Waals surface area contributed by atoms with Crippen molar-refractivity contribution >= 4 is 0 Å². The van der Waals surface area contributed by atoms with Gasteiger partial charge in [0.15, 0.2) is 0 Å². The Labute approximate surface area is 116 Å². The fraction of sp³-hybridized carbons (Fsp3) is 0.143. The van der Waals surface area contributed by atoms with Gasteiger partial charge in [0.25, 0.3) is 0 Å². The Morgan fingerprint density at radius 3 is 2.65 bits per heavy atom. The van der Waals surface area contributed by atoms with Crippen LogP contribution in [-0.2, 0) is 13.1 Å². The number of benzene rings is 1. The van der Waals surface area contributed by atoms with Gasteiger partial charge in [0.1, 0.15) is 6.33 Å². The van der Waals surface area contributed by atoms with E-state index in [0.29, 0.717) is 13.1 Å². The highest BCUT2D eigenvalue weighted by Crippen LogP contribution is 2.04. The summed E-state index contributed by atoms with van der Waals surface area (Å²) in [6.45, 7) is 1.33. The minimum absolute atomic E-state index is 0.650. The minimum atomic E-state index is 0.650. The summed E-state index contributed by atoms with van der Waals surface area (Å²) in [5, 5.41) is 12.0. The van der Waals surface area contributed by atoms with Gasteiger partial charge in [-0.25, -0.2) is 9.97 Å². The van der Waals surface area contributed by atoms with Gasteiger partial charge in [0, 0.05) is 19.3 Å². The van der Waals surface area contributed by atoms with Gasteiger partial charge in [-0.05, 0) is 18.2 Å². The first-order valence-corrected chi connectivity index (χ1v) is 6.34. The zero-order valence-corrected chi connectivity index (χ0v) is 10.8. The van der Waals surface area contributed by atoms with Crippen molar-refractivity contribution in [1.82, 2.24) is 30.3 Å². The lowest BCUT2D eigenvalue weighted by atomic mass is 10.3. The van der Waals surface area contributed by atoms with Crippen LogP contribution in [0.25, 0.3) is 5.69 Å². The smallest absolute Gasteiger partial charge is 0.115 e. The van der Waals surface area contributed by atoms with Gasteiger partial charge in [-0.3, -0.25) is 0 Å². The lowest BCUT2D eigenvalue weighted by Crippen LogP contribution is -2.14. The van der Waals surface area contributed by atoms with Gasteiger partial charge in [-0.1, -0.05) is 18.2 Å². The van der Waals surface area contributed by atoms with Crippen molar-refractivity contribution in [3.05, 3.63) is 66.5 Å². The molecule has 0 unspecified atom stereocenters. The van der Waals surface area contributed by atoms with E-state index in [9.17, 15) is 0 Å². The van der Waals surface area contributed by atoms with E-state index in [1.54, 1.807) is 23.5 Å². The van der Waals surface area contributed by atoms with Crippen molar-refractivity contribution in [3.8, 4) is 5.69 Å². The lowest BCUT2D eigenvalue weighted by Gasteiger charge is -2.01. The molecule has 2 heterocycles. The van der Waals surface area contributed by atoms with Crippen LogP contribution in [0.1, 0.15) is 11.4 Å². The molecule has 0 fully saturated rings. The van der Waals surface area contributed by atoms with Crippen LogP contribution in [0.15, 0.2) is 55.1 Å². The highest BCUT2D eigenvalue weighted by Gasteiger charge is 2.02. The van der Waals surface area contributed by atoms with Crippen molar-refractivity contribution in [2.45, 2.75) is 13.1 Å². The Morgan fingerprint density at radius 2 is 1.85 bits per heavy atom. The number of nitrogens with one attached hydrogen (secondary N) is 1. The van der Waals surface area contributed by atoms with E-state index >= 15 is 0 Å². The molecule has 3 rings (SSSR count). The van der Waals surface area contributed by atoms with Crippen LogP contribution < -0.4 is 5.32 Å². The summed E-state index contributed by atoms with van der Waals surface area (Å²) >= 11 is 0. The van der Waals surface area contributed by atoms with Crippen molar-refractivity contribution in [3.63, 3.8) is 0 Å². The predicted molar refractivity (Wildman–Crippen MR) is 73.9 cm³/mol. The number of rotatable bonds is 5. The molecule has 0 spiro atoms. The standard InChI is InChI=1S/C14H14N6/c1-2-4-14(5-3-1)20-18-10-13(19-20)9-16-8-12-6-7-15-11-17-12/h1-7,10-11,16H,8-9H2. The Balaban J connectivity index is 1.58. The number of para-hydroxylation sites is 1. The highest BCUT2D eigenvalue weighted by atomic mass is 15.5. The maximum Gasteiger partial charge on any atom is 0.115 e. The van der Waals surface area contributed by atoms with Gasteiger partial charge in [0.2, 0.25) is 0 Å². The Hall–Kier alpha value is -2.60. The van der Waals surface area contributed by atoms with E-state index in [2.05, 4.69) is 25.5 Å². The summed E-state index contributed by atoms with van der Waals surface area (Å²) in [6, 6.07) is 11.7. The molecule has 6 heteroatoms. The Bertz CT molecular complexity index is 650.